The van der Waals surface area contributed by atoms with Gasteiger partial charge in [0.2, 0.25) is 0 Å². The van der Waals surface area contributed by atoms with E-state index in [9.17, 15) is 0 Å². The van der Waals surface area contributed by atoms with Crippen molar-refractivity contribution in [3.8, 4) is 0 Å². The van der Waals surface area contributed by atoms with Crippen LogP contribution in [0.5, 0.6) is 0 Å². The summed E-state index contributed by atoms with van der Waals surface area (Å²) in [7, 11) is 0. The molecule has 0 spiro atoms. The lowest BCUT2D eigenvalue weighted by atomic mass is 10.1. The first-order valence-electron chi connectivity index (χ1n) is 6.37. The molecule has 0 saturated heterocycles. The zero-order valence-corrected chi connectivity index (χ0v) is 12.9. The molecule has 1 atom stereocenters. The highest BCUT2D eigenvalue weighted by Crippen LogP contribution is 2.28. The maximum absolute atomic E-state index is 6.29. The fourth-order valence-corrected chi connectivity index (χ4v) is 2.87. The number of thioether (sulfide) groups is 1. The van der Waals surface area contributed by atoms with Crippen LogP contribution in [0, 0.1) is 0 Å². The van der Waals surface area contributed by atoms with Crippen LogP contribution in [0.2, 0.25) is 0 Å². The van der Waals surface area contributed by atoms with E-state index in [4.69, 9.17) is 16.7 Å². The summed E-state index contributed by atoms with van der Waals surface area (Å²) in [4.78, 5) is 0. The smallest absolute Gasteiger partial charge is 0.0671 e. The number of halogens is 1. The highest BCUT2D eigenvalue weighted by atomic mass is 35.5. The second kappa shape index (κ2) is 7.32. The summed E-state index contributed by atoms with van der Waals surface area (Å²) in [5.41, 5.74) is 3.76. The molecule has 0 fully saturated rings. The Morgan fingerprint density at radius 1 is 1.35 bits per heavy atom. The van der Waals surface area contributed by atoms with Crippen LogP contribution in [0.3, 0.4) is 0 Å². The number of alkyl halides is 1. The molecule has 1 rings (SSSR count). The van der Waals surface area contributed by atoms with Gasteiger partial charge in [-0.2, -0.15) is 16.9 Å². The third-order valence-electron chi connectivity index (χ3n) is 2.96. The SMILES string of the molecule is CCc1nn(CCCSC)c(CC)c1C(C)Cl. The molecule has 0 bridgehead atoms. The molecular weight excluding hydrogens is 252 g/mol. The van der Waals surface area contributed by atoms with Crippen molar-refractivity contribution in [3.05, 3.63) is 17.0 Å². The zero-order valence-electron chi connectivity index (χ0n) is 11.3. The van der Waals surface area contributed by atoms with Crippen molar-refractivity contribution in [2.75, 3.05) is 12.0 Å². The van der Waals surface area contributed by atoms with E-state index in [-0.39, 0.29) is 5.38 Å². The molecule has 0 radical (unpaired) electrons. The Bertz CT molecular complexity index is 347. The van der Waals surface area contributed by atoms with Gasteiger partial charge in [0.1, 0.15) is 0 Å². The number of nitrogens with zero attached hydrogens (tertiary/aromatic N) is 2. The van der Waals surface area contributed by atoms with Gasteiger partial charge in [0.25, 0.3) is 0 Å². The maximum atomic E-state index is 6.29. The van der Waals surface area contributed by atoms with Crippen LogP contribution in [-0.2, 0) is 19.4 Å². The molecular formula is C13H23ClN2S. The van der Waals surface area contributed by atoms with Gasteiger partial charge >= 0.3 is 0 Å². The molecule has 1 aromatic heterocycles. The van der Waals surface area contributed by atoms with Crippen molar-refractivity contribution in [2.45, 2.75) is 52.0 Å². The summed E-state index contributed by atoms with van der Waals surface area (Å²) in [6.45, 7) is 7.39. The minimum atomic E-state index is 0.0641. The topological polar surface area (TPSA) is 17.8 Å². The number of hydrogen-bond donors (Lipinski definition) is 0. The average molecular weight is 275 g/mol. The Balaban J connectivity index is 2.96. The van der Waals surface area contributed by atoms with Crippen molar-refractivity contribution in [3.63, 3.8) is 0 Å². The van der Waals surface area contributed by atoms with Crippen LogP contribution < -0.4 is 0 Å². The van der Waals surface area contributed by atoms with Gasteiger partial charge < -0.3 is 0 Å². The number of aryl methyl sites for hydroxylation is 2. The Hall–Kier alpha value is -0.150. The van der Waals surface area contributed by atoms with Crippen LogP contribution >= 0.6 is 23.4 Å². The van der Waals surface area contributed by atoms with Gasteiger partial charge in [0, 0.05) is 17.8 Å². The van der Waals surface area contributed by atoms with E-state index in [0.717, 1.165) is 19.4 Å². The summed E-state index contributed by atoms with van der Waals surface area (Å²) in [6.07, 6.45) is 5.30. The first kappa shape index (κ1) is 14.9. The normalized spacial score (nSPS) is 13.0. The highest BCUT2D eigenvalue weighted by molar-refractivity contribution is 7.98. The van der Waals surface area contributed by atoms with Crippen molar-refractivity contribution < 1.29 is 0 Å². The number of rotatable bonds is 7. The van der Waals surface area contributed by atoms with E-state index < -0.39 is 0 Å². The van der Waals surface area contributed by atoms with Gasteiger partial charge in [-0.3, -0.25) is 4.68 Å². The molecule has 0 amide bonds. The largest absolute Gasteiger partial charge is 0.269 e. The predicted molar refractivity (Wildman–Crippen MR) is 78.3 cm³/mol. The second-order valence-corrected chi connectivity index (χ2v) is 5.84. The van der Waals surface area contributed by atoms with Crippen molar-refractivity contribution in [2.24, 2.45) is 0 Å². The van der Waals surface area contributed by atoms with Gasteiger partial charge in [-0.1, -0.05) is 13.8 Å². The molecule has 1 heterocycles. The van der Waals surface area contributed by atoms with Crippen molar-refractivity contribution >= 4 is 23.4 Å². The molecule has 2 nitrogen and oxygen atoms in total. The van der Waals surface area contributed by atoms with Crippen molar-refractivity contribution in [1.82, 2.24) is 9.78 Å². The lowest BCUT2D eigenvalue weighted by Crippen LogP contribution is -2.06. The van der Waals surface area contributed by atoms with Crippen LogP contribution in [0.4, 0.5) is 0 Å². The van der Waals surface area contributed by atoms with Crippen molar-refractivity contribution in [1.29, 1.82) is 0 Å². The van der Waals surface area contributed by atoms with E-state index in [1.165, 1.54) is 29.1 Å². The Morgan fingerprint density at radius 3 is 2.53 bits per heavy atom. The van der Waals surface area contributed by atoms with Gasteiger partial charge in [-0.25, -0.2) is 0 Å². The van der Waals surface area contributed by atoms with E-state index in [0.29, 0.717) is 0 Å². The van der Waals surface area contributed by atoms with Crippen LogP contribution in [-0.4, -0.2) is 21.8 Å². The monoisotopic (exact) mass is 274 g/mol. The third-order valence-corrected chi connectivity index (χ3v) is 3.88. The Labute approximate surface area is 114 Å². The van der Waals surface area contributed by atoms with Gasteiger partial charge in [-0.05, 0) is 38.2 Å². The van der Waals surface area contributed by atoms with Crippen LogP contribution in [0.1, 0.15) is 49.5 Å². The molecule has 0 aliphatic carbocycles. The van der Waals surface area contributed by atoms with Gasteiger partial charge in [0.05, 0.1) is 11.1 Å². The fraction of sp³-hybridized carbons (Fsp3) is 0.769. The number of aromatic nitrogens is 2. The molecule has 0 aliphatic heterocycles. The average Bonchev–Trinajstić information content (AvgIpc) is 2.67. The molecule has 0 aromatic carbocycles. The van der Waals surface area contributed by atoms with Crippen LogP contribution in [0.25, 0.3) is 0 Å². The predicted octanol–water partition coefficient (Wildman–Crippen LogP) is 4.06. The molecule has 1 aromatic rings. The van der Waals surface area contributed by atoms with E-state index in [2.05, 4.69) is 24.8 Å². The summed E-state index contributed by atoms with van der Waals surface area (Å²) >= 11 is 8.18. The molecule has 0 N–H and O–H groups in total. The molecule has 1 unspecified atom stereocenters. The third kappa shape index (κ3) is 3.65. The van der Waals surface area contributed by atoms with Crippen LogP contribution in [0.15, 0.2) is 0 Å². The quantitative estimate of drug-likeness (QED) is 0.551. The first-order valence-corrected chi connectivity index (χ1v) is 8.20. The lowest BCUT2D eigenvalue weighted by Gasteiger charge is -2.08. The standard InChI is InChI=1S/C13H23ClN2S/c1-5-11-13(10(3)14)12(6-2)16(15-11)8-7-9-17-4/h10H,5-9H2,1-4H3. The maximum Gasteiger partial charge on any atom is 0.0671 e. The molecule has 17 heavy (non-hydrogen) atoms. The Morgan fingerprint density at radius 2 is 2.06 bits per heavy atom. The molecule has 0 saturated carbocycles. The second-order valence-electron chi connectivity index (χ2n) is 4.20. The van der Waals surface area contributed by atoms with Gasteiger partial charge in [0.15, 0.2) is 0 Å². The summed E-state index contributed by atoms with van der Waals surface area (Å²) in [6, 6.07) is 0. The van der Waals surface area contributed by atoms with E-state index >= 15 is 0 Å². The summed E-state index contributed by atoms with van der Waals surface area (Å²) < 4.78 is 2.17. The minimum absolute atomic E-state index is 0.0641. The molecule has 0 aliphatic rings. The molecule has 4 heteroatoms. The summed E-state index contributed by atoms with van der Waals surface area (Å²) in [5.74, 6) is 1.19. The summed E-state index contributed by atoms with van der Waals surface area (Å²) in [5, 5.41) is 4.78. The lowest BCUT2D eigenvalue weighted by molar-refractivity contribution is 0.573. The molecule has 98 valence electrons. The zero-order chi connectivity index (χ0) is 12.8. The van der Waals surface area contributed by atoms with E-state index in [1.807, 2.05) is 18.7 Å². The first-order chi connectivity index (χ1) is 8.15. The highest BCUT2D eigenvalue weighted by Gasteiger charge is 2.18. The minimum Gasteiger partial charge on any atom is -0.269 e. The van der Waals surface area contributed by atoms with Gasteiger partial charge in [-0.15, -0.1) is 11.6 Å². The fourth-order valence-electron chi connectivity index (χ4n) is 2.20. The number of hydrogen-bond acceptors (Lipinski definition) is 2. The Kier molecular flexibility index (Phi) is 6.42. The van der Waals surface area contributed by atoms with E-state index in [1.54, 1.807) is 0 Å².